The molecule has 3 aromatic rings. The minimum absolute atomic E-state index is 0.294. The molecule has 0 spiro atoms. The quantitative estimate of drug-likeness (QED) is 0.604. The molecule has 1 amide bonds. The SMILES string of the molecule is CN1CCN(c2cccc(CNC(=O)c3ccccc3C(=O)c3ccc(F)cc3)c2)CC1. The third kappa shape index (κ3) is 5.03. The largest absolute Gasteiger partial charge is 0.369 e. The average molecular weight is 432 g/mol. The number of piperazine rings is 1. The van der Waals surface area contributed by atoms with Crippen LogP contribution < -0.4 is 10.2 Å². The molecule has 0 radical (unpaired) electrons. The number of nitrogens with zero attached hydrogens (tertiary/aromatic N) is 2. The first-order valence-corrected chi connectivity index (χ1v) is 10.7. The van der Waals surface area contributed by atoms with Gasteiger partial charge >= 0.3 is 0 Å². The molecule has 0 aliphatic carbocycles. The van der Waals surface area contributed by atoms with Crippen LogP contribution in [0.2, 0.25) is 0 Å². The number of halogens is 1. The second kappa shape index (κ2) is 9.75. The topological polar surface area (TPSA) is 52.6 Å². The number of hydrogen-bond donors (Lipinski definition) is 1. The van der Waals surface area contributed by atoms with E-state index < -0.39 is 5.82 Å². The second-order valence-corrected chi connectivity index (χ2v) is 8.02. The Hall–Kier alpha value is -3.51. The van der Waals surface area contributed by atoms with Crippen molar-refractivity contribution in [3.8, 4) is 0 Å². The van der Waals surface area contributed by atoms with Crippen LogP contribution in [-0.2, 0) is 6.54 Å². The van der Waals surface area contributed by atoms with E-state index in [4.69, 9.17) is 0 Å². The second-order valence-electron chi connectivity index (χ2n) is 8.02. The van der Waals surface area contributed by atoms with Gasteiger partial charge in [0.2, 0.25) is 0 Å². The minimum Gasteiger partial charge on any atom is -0.369 e. The van der Waals surface area contributed by atoms with E-state index in [9.17, 15) is 14.0 Å². The first-order chi connectivity index (χ1) is 15.5. The lowest BCUT2D eigenvalue weighted by Crippen LogP contribution is -2.44. The first-order valence-electron chi connectivity index (χ1n) is 10.7. The Kier molecular flexibility index (Phi) is 6.61. The van der Waals surface area contributed by atoms with Crippen molar-refractivity contribution in [2.75, 3.05) is 38.1 Å². The van der Waals surface area contributed by atoms with Gasteiger partial charge in [-0.05, 0) is 55.1 Å². The lowest BCUT2D eigenvalue weighted by molar-refractivity contribution is 0.0939. The summed E-state index contributed by atoms with van der Waals surface area (Å²) >= 11 is 0. The van der Waals surface area contributed by atoms with E-state index >= 15 is 0 Å². The van der Waals surface area contributed by atoms with Crippen molar-refractivity contribution in [3.05, 3.63) is 101 Å². The lowest BCUT2D eigenvalue weighted by atomic mass is 9.98. The number of nitrogens with one attached hydrogen (secondary N) is 1. The van der Waals surface area contributed by atoms with Gasteiger partial charge in [-0.1, -0.05) is 30.3 Å². The van der Waals surface area contributed by atoms with Gasteiger partial charge < -0.3 is 15.1 Å². The summed E-state index contributed by atoms with van der Waals surface area (Å²) in [6.07, 6.45) is 0. The van der Waals surface area contributed by atoms with Gasteiger partial charge in [0, 0.05) is 49.5 Å². The van der Waals surface area contributed by atoms with Gasteiger partial charge in [-0.2, -0.15) is 0 Å². The monoisotopic (exact) mass is 431 g/mol. The summed E-state index contributed by atoms with van der Waals surface area (Å²) in [6, 6.07) is 20.2. The van der Waals surface area contributed by atoms with Crippen LogP contribution in [0.5, 0.6) is 0 Å². The number of carbonyl (C=O) groups excluding carboxylic acids is 2. The molecule has 1 heterocycles. The number of rotatable bonds is 6. The van der Waals surface area contributed by atoms with Gasteiger partial charge in [0.25, 0.3) is 5.91 Å². The molecule has 1 aliphatic heterocycles. The highest BCUT2D eigenvalue weighted by Crippen LogP contribution is 2.19. The smallest absolute Gasteiger partial charge is 0.252 e. The van der Waals surface area contributed by atoms with Crippen LogP contribution in [0.25, 0.3) is 0 Å². The predicted octanol–water partition coefficient (Wildman–Crippen LogP) is 3.74. The van der Waals surface area contributed by atoms with Crippen molar-refractivity contribution in [3.63, 3.8) is 0 Å². The number of hydrogen-bond acceptors (Lipinski definition) is 4. The standard InChI is InChI=1S/C26H26FN3O2/c1-29-13-15-30(16-14-29)22-6-4-5-19(17-22)18-28-26(32)24-8-3-2-7-23(24)25(31)20-9-11-21(27)12-10-20/h2-12,17H,13-16,18H2,1H3,(H,28,32). The van der Waals surface area contributed by atoms with Crippen molar-refractivity contribution >= 4 is 17.4 Å². The van der Waals surface area contributed by atoms with Crippen molar-refractivity contribution in [2.24, 2.45) is 0 Å². The number of carbonyl (C=O) groups is 2. The van der Waals surface area contributed by atoms with E-state index in [0.29, 0.717) is 23.2 Å². The number of amides is 1. The Morgan fingerprint density at radius 2 is 1.56 bits per heavy atom. The summed E-state index contributed by atoms with van der Waals surface area (Å²) < 4.78 is 13.2. The Morgan fingerprint density at radius 1 is 0.875 bits per heavy atom. The van der Waals surface area contributed by atoms with E-state index in [1.54, 1.807) is 24.3 Å². The molecule has 0 aromatic heterocycles. The van der Waals surface area contributed by atoms with E-state index in [1.807, 2.05) is 12.1 Å². The van der Waals surface area contributed by atoms with Gasteiger partial charge in [-0.3, -0.25) is 9.59 Å². The highest BCUT2D eigenvalue weighted by molar-refractivity contribution is 6.15. The zero-order valence-electron chi connectivity index (χ0n) is 18.1. The van der Waals surface area contributed by atoms with Gasteiger partial charge in [0.15, 0.2) is 5.78 Å². The van der Waals surface area contributed by atoms with Gasteiger partial charge in [0.1, 0.15) is 5.82 Å². The van der Waals surface area contributed by atoms with Crippen LogP contribution in [0.1, 0.15) is 31.8 Å². The molecular formula is C26H26FN3O2. The van der Waals surface area contributed by atoms with E-state index in [2.05, 4.69) is 34.3 Å². The zero-order valence-corrected chi connectivity index (χ0v) is 18.1. The van der Waals surface area contributed by atoms with Gasteiger partial charge in [0.05, 0.1) is 5.56 Å². The Bertz CT molecular complexity index is 1110. The predicted molar refractivity (Wildman–Crippen MR) is 124 cm³/mol. The fourth-order valence-corrected chi connectivity index (χ4v) is 3.84. The summed E-state index contributed by atoms with van der Waals surface area (Å²) in [5.41, 5.74) is 3.08. The van der Waals surface area contributed by atoms with E-state index in [-0.39, 0.29) is 11.7 Å². The molecule has 0 saturated carbocycles. The minimum atomic E-state index is -0.411. The Balaban J connectivity index is 1.46. The number of likely N-dealkylation sites (N-methyl/N-ethyl adjacent to an activating group) is 1. The fraction of sp³-hybridized carbons (Fsp3) is 0.231. The Labute approximate surface area is 187 Å². The lowest BCUT2D eigenvalue weighted by Gasteiger charge is -2.34. The summed E-state index contributed by atoms with van der Waals surface area (Å²) in [7, 11) is 2.13. The van der Waals surface area contributed by atoms with Gasteiger partial charge in [-0.25, -0.2) is 4.39 Å². The van der Waals surface area contributed by atoms with Crippen LogP contribution in [0.15, 0.2) is 72.8 Å². The molecule has 1 aliphatic rings. The van der Waals surface area contributed by atoms with Gasteiger partial charge in [-0.15, -0.1) is 0 Å². The molecular weight excluding hydrogens is 405 g/mol. The Morgan fingerprint density at radius 3 is 2.28 bits per heavy atom. The highest BCUT2D eigenvalue weighted by Gasteiger charge is 2.18. The van der Waals surface area contributed by atoms with Crippen LogP contribution in [0, 0.1) is 5.82 Å². The van der Waals surface area contributed by atoms with Crippen LogP contribution >= 0.6 is 0 Å². The maximum Gasteiger partial charge on any atom is 0.252 e. The number of ketones is 1. The summed E-state index contributed by atoms with van der Waals surface area (Å²) in [6.45, 7) is 4.37. The molecule has 1 saturated heterocycles. The van der Waals surface area contributed by atoms with Crippen LogP contribution in [0.4, 0.5) is 10.1 Å². The maximum atomic E-state index is 13.2. The molecule has 0 bridgehead atoms. The van der Waals surface area contributed by atoms with E-state index in [1.165, 1.54) is 24.3 Å². The normalized spacial score (nSPS) is 14.2. The molecule has 5 nitrogen and oxygen atoms in total. The number of anilines is 1. The summed E-state index contributed by atoms with van der Waals surface area (Å²) in [4.78, 5) is 30.5. The van der Waals surface area contributed by atoms with E-state index in [0.717, 1.165) is 37.4 Å². The molecule has 4 rings (SSSR count). The summed E-state index contributed by atoms with van der Waals surface area (Å²) in [5.74, 6) is -1.04. The fourth-order valence-electron chi connectivity index (χ4n) is 3.84. The molecule has 3 aromatic carbocycles. The molecule has 0 unspecified atom stereocenters. The molecule has 0 atom stereocenters. The zero-order chi connectivity index (χ0) is 22.5. The molecule has 6 heteroatoms. The summed E-state index contributed by atoms with van der Waals surface area (Å²) in [5, 5.41) is 2.93. The van der Waals surface area contributed by atoms with Crippen molar-refractivity contribution in [2.45, 2.75) is 6.54 Å². The van der Waals surface area contributed by atoms with Crippen molar-refractivity contribution in [1.29, 1.82) is 0 Å². The van der Waals surface area contributed by atoms with Crippen LogP contribution in [0.3, 0.4) is 0 Å². The van der Waals surface area contributed by atoms with Crippen molar-refractivity contribution in [1.82, 2.24) is 10.2 Å². The number of benzene rings is 3. The third-order valence-corrected chi connectivity index (χ3v) is 5.75. The van der Waals surface area contributed by atoms with Crippen LogP contribution in [-0.4, -0.2) is 49.8 Å². The van der Waals surface area contributed by atoms with Crippen molar-refractivity contribution < 1.29 is 14.0 Å². The average Bonchev–Trinajstić information content (AvgIpc) is 2.83. The maximum absolute atomic E-state index is 13.2. The molecule has 1 N–H and O–H groups in total. The highest BCUT2D eigenvalue weighted by atomic mass is 19.1. The molecule has 32 heavy (non-hydrogen) atoms. The molecule has 1 fully saturated rings. The third-order valence-electron chi connectivity index (χ3n) is 5.75. The molecule has 164 valence electrons. The first kappa shape index (κ1) is 21.7.